The molecule has 0 heterocycles. The van der Waals surface area contributed by atoms with Gasteiger partial charge in [0, 0.05) is 16.8 Å². The van der Waals surface area contributed by atoms with Crippen LogP contribution in [0, 0.1) is 0 Å². The van der Waals surface area contributed by atoms with Crippen LogP contribution in [-0.4, -0.2) is 23.1 Å². The third-order valence-corrected chi connectivity index (χ3v) is 6.02. The van der Waals surface area contributed by atoms with Crippen LogP contribution < -0.4 is 9.44 Å². The summed E-state index contributed by atoms with van der Waals surface area (Å²) in [6.45, 7) is 1.44. The average Bonchev–Trinajstić information content (AvgIpc) is 2.52. The Bertz CT molecular complexity index is 1070. The highest BCUT2D eigenvalue weighted by Gasteiger charge is 2.37. The summed E-state index contributed by atoms with van der Waals surface area (Å²) in [5, 5.41) is -0.242. The van der Waals surface area contributed by atoms with Gasteiger partial charge in [-0.15, -0.1) is 0 Å². The first-order valence-electron chi connectivity index (χ1n) is 7.66. The van der Waals surface area contributed by atoms with E-state index in [9.17, 15) is 30.0 Å². The summed E-state index contributed by atoms with van der Waals surface area (Å²) in [4.78, 5) is -0.938. The molecule has 0 aromatic heterocycles. The van der Waals surface area contributed by atoms with Gasteiger partial charge in [-0.2, -0.15) is 13.2 Å². The van der Waals surface area contributed by atoms with Gasteiger partial charge in [-0.1, -0.05) is 23.7 Å². The van der Waals surface area contributed by atoms with Crippen molar-refractivity contribution in [2.75, 3.05) is 11.0 Å². The van der Waals surface area contributed by atoms with E-state index in [-0.39, 0.29) is 10.7 Å². The van der Waals surface area contributed by atoms with Gasteiger partial charge in [-0.05, 0) is 42.8 Å². The largest absolute Gasteiger partial charge is 0.417 e. The summed E-state index contributed by atoms with van der Waals surface area (Å²) in [6.07, 6.45) is -3.93. The van der Waals surface area contributed by atoms with Gasteiger partial charge in [0.15, 0.2) is 0 Å². The third kappa shape index (κ3) is 5.84. The maximum Gasteiger partial charge on any atom is 0.417 e. The SMILES string of the molecule is C[C@@H](NS(=O)(=O)c1ccc(Cl)cc1C(F)(F)F)c1ccc(NS(C)(=O)=O)cc1. The molecule has 0 fully saturated rings. The lowest BCUT2D eigenvalue weighted by atomic mass is 10.1. The van der Waals surface area contributed by atoms with Gasteiger partial charge in [0.2, 0.25) is 20.0 Å². The second kappa shape index (κ2) is 7.90. The maximum absolute atomic E-state index is 13.2. The van der Waals surface area contributed by atoms with E-state index in [0.29, 0.717) is 11.6 Å². The van der Waals surface area contributed by atoms with Crippen molar-refractivity contribution in [2.24, 2.45) is 0 Å². The zero-order chi connectivity index (χ0) is 21.3. The molecule has 2 aromatic rings. The van der Waals surface area contributed by atoms with E-state index in [0.717, 1.165) is 18.4 Å². The Balaban J connectivity index is 2.30. The van der Waals surface area contributed by atoms with Gasteiger partial charge in [0.1, 0.15) is 0 Å². The van der Waals surface area contributed by atoms with Crippen LogP contribution in [0.4, 0.5) is 18.9 Å². The lowest BCUT2D eigenvalue weighted by Gasteiger charge is -2.18. The highest BCUT2D eigenvalue weighted by molar-refractivity contribution is 7.92. The Morgan fingerprint density at radius 3 is 2.07 bits per heavy atom. The molecular weight excluding hydrogens is 441 g/mol. The Morgan fingerprint density at radius 2 is 1.57 bits per heavy atom. The molecule has 0 saturated carbocycles. The fourth-order valence-corrected chi connectivity index (χ4v) is 4.55. The van der Waals surface area contributed by atoms with Gasteiger partial charge in [0.05, 0.1) is 16.7 Å². The minimum Gasteiger partial charge on any atom is -0.284 e. The summed E-state index contributed by atoms with van der Waals surface area (Å²) in [7, 11) is -7.99. The van der Waals surface area contributed by atoms with Crippen molar-refractivity contribution < 1.29 is 30.0 Å². The molecular formula is C16H16ClF3N2O4S2. The molecule has 28 heavy (non-hydrogen) atoms. The second-order valence-corrected chi connectivity index (χ2v) is 9.84. The molecule has 0 saturated heterocycles. The summed E-state index contributed by atoms with van der Waals surface area (Å²) in [5.74, 6) is 0. The molecule has 0 radical (unpaired) electrons. The quantitative estimate of drug-likeness (QED) is 0.692. The van der Waals surface area contributed by atoms with Crippen LogP contribution in [0.1, 0.15) is 24.1 Å². The molecule has 0 aliphatic heterocycles. The Hall–Kier alpha value is -1.82. The molecule has 12 heteroatoms. The van der Waals surface area contributed by atoms with Gasteiger partial charge >= 0.3 is 6.18 Å². The molecule has 2 N–H and O–H groups in total. The standard InChI is InChI=1S/C16H16ClF3N2O4S2/c1-10(11-3-6-13(7-4-11)22-27(2,23)24)21-28(25,26)15-8-5-12(17)9-14(15)16(18,19)20/h3-10,21-22H,1-2H3/t10-/m1/s1. The lowest BCUT2D eigenvalue weighted by Crippen LogP contribution is -2.29. The number of hydrogen-bond acceptors (Lipinski definition) is 4. The van der Waals surface area contributed by atoms with Crippen LogP contribution in [0.15, 0.2) is 47.4 Å². The lowest BCUT2D eigenvalue weighted by molar-refractivity contribution is -0.139. The van der Waals surface area contributed by atoms with Crippen LogP contribution in [-0.2, 0) is 26.2 Å². The van der Waals surface area contributed by atoms with E-state index in [1.807, 2.05) is 0 Å². The average molecular weight is 457 g/mol. The minimum absolute atomic E-state index is 0.242. The molecule has 2 aromatic carbocycles. The van der Waals surface area contributed by atoms with Crippen molar-refractivity contribution in [2.45, 2.75) is 24.0 Å². The number of rotatable bonds is 6. The van der Waals surface area contributed by atoms with Crippen molar-refractivity contribution >= 4 is 37.3 Å². The number of anilines is 1. The summed E-state index contributed by atoms with van der Waals surface area (Å²) in [5.41, 5.74) is -0.684. The molecule has 0 aliphatic carbocycles. The van der Waals surface area contributed by atoms with E-state index >= 15 is 0 Å². The van der Waals surface area contributed by atoms with Crippen LogP contribution in [0.3, 0.4) is 0 Å². The van der Waals surface area contributed by atoms with Crippen molar-refractivity contribution in [3.05, 3.63) is 58.6 Å². The third-order valence-electron chi connectivity index (χ3n) is 3.58. The topological polar surface area (TPSA) is 92.3 Å². The van der Waals surface area contributed by atoms with Crippen LogP contribution in [0.2, 0.25) is 5.02 Å². The highest BCUT2D eigenvalue weighted by Crippen LogP contribution is 2.36. The summed E-state index contributed by atoms with van der Waals surface area (Å²) in [6, 6.07) is 7.23. The molecule has 2 rings (SSSR count). The predicted molar refractivity (Wildman–Crippen MR) is 100 cm³/mol. The van der Waals surface area contributed by atoms with E-state index in [1.165, 1.54) is 31.2 Å². The van der Waals surface area contributed by atoms with Crippen molar-refractivity contribution in [3.8, 4) is 0 Å². The number of sulfonamides is 2. The molecule has 6 nitrogen and oxygen atoms in total. The normalized spacial score (nSPS) is 13.9. The molecule has 154 valence electrons. The highest BCUT2D eigenvalue weighted by atomic mass is 35.5. The van der Waals surface area contributed by atoms with Crippen molar-refractivity contribution in [1.82, 2.24) is 4.72 Å². The summed E-state index contributed by atoms with van der Waals surface area (Å²) >= 11 is 5.57. The van der Waals surface area contributed by atoms with E-state index < -0.39 is 42.7 Å². The van der Waals surface area contributed by atoms with Gasteiger partial charge in [-0.3, -0.25) is 4.72 Å². The predicted octanol–water partition coefficient (Wildman–Crippen LogP) is 3.77. The van der Waals surface area contributed by atoms with Gasteiger partial charge in [0.25, 0.3) is 0 Å². The minimum atomic E-state index is -4.91. The van der Waals surface area contributed by atoms with E-state index in [1.54, 1.807) is 0 Å². The fraction of sp³-hybridized carbons (Fsp3) is 0.250. The smallest absolute Gasteiger partial charge is 0.284 e. The second-order valence-electron chi connectivity index (χ2n) is 5.98. The fourth-order valence-electron chi connectivity index (χ4n) is 2.38. The number of hydrogen-bond donors (Lipinski definition) is 2. The maximum atomic E-state index is 13.2. The molecule has 0 spiro atoms. The van der Waals surface area contributed by atoms with Crippen LogP contribution in [0.5, 0.6) is 0 Å². The van der Waals surface area contributed by atoms with Gasteiger partial charge in [-0.25, -0.2) is 21.6 Å². The first-order chi connectivity index (χ1) is 12.7. The van der Waals surface area contributed by atoms with E-state index in [2.05, 4.69) is 9.44 Å². The van der Waals surface area contributed by atoms with Crippen LogP contribution >= 0.6 is 11.6 Å². The first kappa shape index (κ1) is 22.5. The molecule has 0 amide bonds. The van der Waals surface area contributed by atoms with Gasteiger partial charge < -0.3 is 0 Å². The monoisotopic (exact) mass is 456 g/mol. The first-order valence-corrected chi connectivity index (χ1v) is 11.4. The number of alkyl halides is 3. The molecule has 0 aliphatic rings. The Labute approximate surface area is 165 Å². The molecule has 0 bridgehead atoms. The van der Waals surface area contributed by atoms with E-state index in [4.69, 9.17) is 11.6 Å². The molecule has 0 unspecified atom stereocenters. The Kier molecular flexibility index (Phi) is 6.34. The van der Waals surface area contributed by atoms with Crippen molar-refractivity contribution in [1.29, 1.82) is 0 Å². The number of benzene rings is 2. The Morgan fingerprint density at radius 1 is 1.00 bits per heavy atom. The number of nitrogens with one attached hydrogen (secondary N) is 2. The van der Waals surface area contributed by atoms with Crippen LogP contribution in [0.25, 0.3) is 0 Å². The zero-order valence-corrected chi connectivity index (χ0v) is 17.0. The molecule has 1 atom stereocenters. The zero-order valence-electron chi connectivity index (χ0n) is 14.6. The number of halogens is 4. The summed E-state index contributed by atoms with van der Waals surface area (Å²) < 4.78 is 91.4. The van der Waals surface area contributed by atoms with Crippen molar-refractivity contribution in [3.63, 3.8) is 0 Å².